The third-order valence-corrected chi connectivity index (χ3v) is 11.8. The van der Waals surface area contributed by atoms with Gasteiger partial charge in [-0.2, -0.15) is 5.10 Å². The number of hydrogen-bond acceptors (Lipinski definition) is 2. The zero-order valence-corrected chi connectivity index (χ0v) is 25.7. The van der Waals surface area contributed by atoms with E-state index in [2.05, 4.69) is 56.5 Å². The van der Waals surface area contributed by atoms with Crippen LogP contribution in [0.25, 0.3) is 0 Å². The van der Waals surface area contributed by atoms with Gasteiger partial charge in [0.1, 0.15) is 5.82 Å². The summed E-state index contributed by atoms with van der Waals surface area (Å²) in [6.45, 7) is 12.6. The highest BCUT2D eigenvalue weighted by molar-refractivity contribution is 7.80. The largest absolute Gasteiger partial charge is 0.331 e. The molecule has 0 saturated heterocycles. The molecule has 4 aliphatic rings. The van der Waals surface area contributed by atoms with Crippen molar-refractivity contribution in [3.05, 3.63) is 41.7 Å². The standard InChI is InChI=1S/C34H50FN3S/c1-22(2)7-6-8-23(3)29-15-16-30-28-14-9-24-21-27(17-19-33(24,4)31(28)18-20-34(29,30)5)37-38-32(39)36-26-12-10-25(35)11-13-26/h10-13,21-23,28-31H,6-9,14-20H2,1-5H3,(H2,36,38,39)/b37-27-/t23-,28+,29-,30+,31+,33-,34-/m0/s1. The molecule has 39 heavy (non-hydrogen) atoms. The van der Waals surface area contributed by atoms with E-state index >= 15 is 0 Å². The molecule has 1 aromatic carbocycles. The van der Waals surface area contributed by atoms with Gasteiger partial charge in [0.25, 0.3) is 0 Å². The second kappa shape index (κ2) is 11.6. The fourth-order valence-electron chi connectivity index (χ4n) is 9.50. The van der Waals surface area contributed by atoms with E-state index in [1.165, 1.54) is 76.3 Å². The van der Waals surface area contributed by atoms with Gasteiger partial charge in [-0.15, -0.1) is 0 Å². The van der Waals surface area contributed by atoms with E-state index in [1.54, 1.807) is 17.7 Å². The van der Waals surface area contributed by atoms with Gasteiger partial charge in [0.2, 0.25) is 0 Å². The second-order valence-electron chi connectivity index (χ2n) is 14.2. The molecule has 0 aliphatic heterocycles. The van der Waals surface area contributed by atoms with Crippen LogP contribution >= 0.6 is 12.2 Å². The lowest BCUT2D eigenvalue weighted by molar-refractivity contribution is -0.0573. The van der Waals surface area contributed by atoms with Crippen molar-refractivity contribution in [1.82, 2.24) is 5.43 Å². The number of thiocarbonyl (C=S) groups is 1. The van der Waals surface area contributed by atoms with Crippen LogP contribution < -0.4 is 10.7 Å². The molecule has 5 rings (SSSR count). The molecule has 0 spiro atoms. The normalized spacial score (nSPS) is 35.6. The Morgan fingerprint density at radius 3 is 2.51 bits per heavy atom. The van der Waals surface area contributed by atoms with Gasteiger partial charge >= 0.3 is 0 Å². The molecule has 5 heteroatoms. The summed E-state index contributed by atoms with van der Waals surface area (Å²) in [4.78, 5) is 0. The molecule has 0 bridgehead atoms. The second-order valence-corrected chi connectivity index (χ2v) is 14.6. The average molecular weight is 552 g/mol. The molecule has 1 aromatic rings. The third-order valence-electron chi connectivity index (χ3n) is 11.6. The Morgan fingerprint density at radius 2 is 1.77 bits per heavy atom. The maximum Gasteiger partial charge on any atom is 0.191 e. The van der Waals surface area contributed by atoms with E-state index in [0.29, 0.717) is 15.9 Å². The molecule has 3 nitrogen and oxygen atoms in total. The minimum atomic E-state index is -0.256. The summed E-state index contributed by atoms with van der Waals surface area (Å²) in [7, 11) is 0. The van der Waals surface area contributed by atoms with Crippen molar-refractivity contribution in [1.29, 1.82) is 0 Å². The lowest BCUT2D eigenvalue weighted by Crippen LogP contribution is -2.51. The average Bonchev–Trinajstić information content (AvgIpc) is 3.26. The number of nitrogens with zero attached hydrogens (tertiary/aromatic N) is 1. The highest BCUT2D eigenvalue weighted by atomic mass is 32.1. The van der Waals surface area contributed by atoms with Crippen molar-refractivity contribution in [3.8, 4) is 0 Å². The number of allylic oxidation sites excluding steroid dienone is 2. The lowest BCUT2D eigenvalue weighted by Gasteiger charge is -2.58. The van der Waals surface area contributed by atoms with Crippen molar-refractivity contribution in [2.24, 2.45) is 51.4 Å². The Balaban J connectivity index is 1.22. The Hall–Kier alpha value is -1.75. The fourth-order valence-corrected chi connectivity index (χ4v) is 9.66. The van der Waals surface area contributed by atoms with Crippen LogP contribution in [-0.2, 0) is 0 Å². The summed E-state index contributed by atoms with van der Waals surface area (Å²) in [5.41, 5.74) is 7.36. The van der Waals surface area contributed by atoms with E-state index in [9.17, 15) is 4.39 Å². The highest BCUT2D eigenvalue weighted by Gasteiger charge is 2.59. The quantitative estimate of drug-likeness (QED) is 0.262. The van der Waals surface area contributed by atoms with Crippen molar-refractivity contribution >= 4 is 28.7 Å². The van der Waals surface area contributed by atoms with Gasteiger partial charge in [-0.1, -0.05) is 59.5 Å². The topological polar surface area (TPSA) is 36.4 Å². The molecule has 2 N–H and O–H groups in total. The Morgan fingerprint density at radius 1 is 1.00 bits per heavy atom. The monoisotopic (exact) mass is 551 g/mol. The molecular weight excluding hydrogens is 501 g/mol. The minimum Gasteiger partial charge on any atom is -0.331 e. The number of halogens is 1. The van der Waals surface area contributed by atoms with Crippen LogP contribution in [-0.4, -0.2) is 10.8 Å². The first kappa shape index (κ1) is 28.8. The van der Waals surface area contributed by atoms with Crippen LogP contribution in [0.4, 0.5) is 10.1 Å². The number of hydrogen-bond donors (Lipinski definition) is 2. The Kier molecular flexibility index (Phi) is 8.57. The van der Waals surface area contributed by atoms with Crippen LogP contribution in [0.5, 0.6) is 0 Å². The molecule has 0 aromatic heterocycles. The predicted molar refractivity (Wildman–Crippen MR) is 166 cm³/mol. The van der Waals surface area contributed by atoms with Crippen LogP contribution in [0.1, 0.15) is 105 Å². The fraction of sp³-hybridized carbons (Fsp3) is 0.706. The Labute approximate surface area is 241 Å². The number of hydrazone groups is 1. The van der Waals surface area contributed by atoms with Gasteiger partial charge in [-0.25, -0.2) is 4.39 Å². The van der Waals surface area contributed by atoms with Gasteiger partial charge in [-0.3, -0.25) is 5.43 Å². The molecule has 0 unspecified atom stereocenters. The summed E-state index contributed by atoms with van der Waals surface area (Å²) >= 11 is 5.42. The van der Waals surface area contributed by atoms with E-state index < -0.39 is 0 Å². The maximum absolute atomic E-state index is 13.2. The first-order chi connectivity index (χ1) is 18.6. The van der Waals surface area contributed by atoms with E-state index in [0.717, 1.165) is 53.3 Å². The van der Waals surface area contributed by atoms with Crippen molar-refractivity contribution in [2.75, 3.05) is 5.32 Å². The number of rotatable bonds is 7. The molecule has 3 saturated carbocycles. The van der Waals surface area contributed by atoms with Crippen molar-refractivity contribution in [2.45, 2.75) is 105 Å². The van der Waals surface area contributed by atoms with Crippen LogP contribution in [0.15, 0.2) is 41.0 Å². The first-order valence-electron chi connectivity index (χ1n) is 15.7. The minimum absolute atomic E-state index is 0.256. The van der Waals surface area contributed by atoms with Crippen molar-refractivity contribution in [3.63, 3.8) is 0 Å². The van der Waals surface area contributed by atoms with Crippen LogP contribution in [0.3, 0.4) is 0 Å². The molecule has 7 atom stereocenters. The van der Waals surface area contributed by atoms with Gasteiger partial charge < -0.3 is 5.32 Å². The number of anilines is 1. The lowest BCUT2D eigenvalue weighted by atomic mass is 9.46. The summed E-state index contributed by atoms with van der Waals surface area (Å²) < 4.78 is 13.2. The summed E-state index contributed by atoms with van der Waals surface area (Å²) in [6.07, 6.45) is 17.1. The number of nitrogens with one attached hydrogen (secondary N) is 2. The molecule has 4 aliphatic carbocycles. The highest BCUT2D eigenvalue weighted by Crippen LogP contribution is 2.67. The zero-order chi connectivity index (χ0) is 27.8. The van der Waals surface area contributed by atoms with Crippen LogP contribution in [0, 0.1) is 52.2 Å². The van der Waals surface area contributed by atoms with E-state index in [-0.39, 0.29) is 5.82 Å². The Bertz CT molecular complexity index is 1090. The molecule has 0 heterocycles. The molecule has 214 valence electrons. The molecule has 3 fully saturated rings. The smallest absolute Gasteiger partial charge is 0.191 e. The number of fused-ring (bicyclic) bond motifs is 5. The van der Waals surface area contributed by atoms with Crippen molar-refractivity contribution < 1.29 is 4.39 Å². The van der Waals surface area contributed by atoms with Crippen LogP contribution in [0.2, 0.25) is 0 Å². The van der Waals surface area contributed by atoms with Gasteiger partial charge in [0.05, 0.1) is 5.71 Å². The van der Waals surface area contributed by atoms with E-state index in [1.807, 2.05) is 0 Å². The number of benzene rings is 1. The van der Waals surface area contributed by atoms with Gasteiger partial charge in [0, 0.05) is 5.69 Å². The molecular formula is C34H50FN3S. The summed E-state index contributed by atoms with van der Waals surface area (Å²) in [6, 6.07) is 6.21. The first-order valence-corrected chi connectivity index (χ1v) is 16.1. The van der Waals surface area contributed by atoms with Gasteiger partial charge in [0.15, 0.2) is 5.11 Å². The summed E-state index contributed by atoms with van der Waals surface area (Å²) in [5, 5.41) is 8.19. The predicted octanol–water partition coefficient (Wildman–Crippen LogP) is 9.51. The summed E-state index contributed by atoms with van der Waals surface area (Å²) in [5.74, 6) is 4.99. The molecule has 0 radical (unpaired) electrons. The third kappa shape index (κ3) is 5.85. The SMILES string of the molecule is CC(C)CCC[C@H](C)[C@@H]1CC[C@@H]2[C@H]3CCC4=C/C(=N\NC(=S)Nc5ccc(F)cc5)CC[C@]4(C)[C@@H]3CC[C@]21C. The zero-order valence-electron chi connectivity index (χ0n) is 24.9. The maximum atomic E-state index is 13.2. The van der Waals surface area contributed by atoms with Gasteiger partial charge in [-0.05, 0) is 140 Å². The van der Waals surface area contributed by atoms with E-state index in [4.69, 9.17) is 12.2 Å². The molecule has 0 amide bonds.